The molecule has 0 aliphatic carbocycles. The van der Waals surface area contributed by atoms with Gasteiger partial charge >= 0.3 is 0 Å². The summed E-state index contributed by atoms with van der Waals surface area (Å²) in [7, 11) is 0. The van der Waals surface area contributed by atoms with Crippen LogP contribution in [-0.4, -0.2) is 21.3 Å². The van der Waals surface area contributed by atoms with Crippen LogP contribution in [0.25, 0.3) is 0 Å². The summed E-state index contributed by atoms with van der Waals surface area (Å²) in [5.74, 6) is 0. The summed E-state index contributed by atoms with van der Waals surface area (Å²) in [5.41, 5.74) is 2.23. The Labute approximate surface area is 107 Å². The number of aromatic nitrogens is 2. The number of benzene rings is 1. The molecule has 1 heterocycles. The van der Waals surface area contributed by atoms with Gasteiger partial charge in [0.25, 0.3) is 0 Å². The van der Waals surface area contributed by atoms with Gasteiger partial charge in [-0.15, -0.1) is 0 Å². The molecule has 0 aliphatic rings. The third-order valence-corrected chi connectivity index (χ3v) is 3.05. The SMILES string of the molecule is CCn1cncc1CN[C@H](CO)c1ccccc1. The molecule has 0 radical (unpaired) electrons. The fourth-order valence-electron chi connectivity index (χ4n) is 1.98. The number of imidazole rings is 1. The molecular formula is C14H19N3O. The zero-order chi connectivity index (χ0) is 12.8. The molecule has 0 amide bonds. The average molecular weight is 245 g/mol. The van der Waals surface area contributed by atoms with Crippen LogP contribution < -0.4 is 5.32 Å². The molecule has 0 bridgehead atoms. The zero-order valence-corrected chi connectivity index (χ0v) is 10.6. The minimum atomic E-state index is -0.0357. The van der Waals surface area contributed by atoms with Crippen LogP contribution in [0.2, 0.25) is 0 Å². The summed E-state index contributed by atoms with van der Waals surface area (Å²) in [4.78, 5) is 4.13. The third kappa shape index (κ3) is 2.97. The van der Waals surface area contributed by atoms with Gasteiger partial charge in [0.05, 0.1) is 24.7 Å². The van der Waals surface area contributed by atoms with Gasteiger partial charge in [-0.25, -0.2) is 4.98 Å². The Hall–Kier alpha value is -1.65. The van der Waals surface area contributed by atoms with E-state index in [2.05, 4.69) is 21.8 Å². The molecule has 2 rings (SSSR count). The summed E-state index contributed by atoms with van der Waals surface area (Å²) in [6.45, 7) is 3.79. The van der Waals surface area contributed by atoms with Gasteiger partial charge in [-0.3, -0.25) is 0 Å². The molecule has 2 aromatic rings. The third-order valence-electron chi connectivity index (χ3n) is 3.05. The van der Waals surface area contributed by atoms with E-state index in [0.29, 0.717) is 6.54 Å². The van der Waals surface area contributed by atoms with Crippen molar-refractivity contribution in [2.75, 3.05) is 6.61 Å². The van der Waals surface area contributed by atoms with E-state index in [1.807, 2.05) is 42.9 Å². The topological polar surface area (TPSA) is 50.1 Å². The highest BCUT2D eigenvalue weighted by Crippen LogP contribution is 2.12. The van der Waals surface area contributed by atoms with E-state index in [4.69, 9.17) is 0 Å². The molecule has 4 heteroatoms. The van der Waals surface area contributed by atoms with Crippen LogP contribution in [0.1, 0.15) is 24.2 Å². The van der Waals surface area contributed by atoms with Gasteiger partial charge in [0.1, 0.15) is 0 Å². The standard InChI is InChI=1S/C14H19N3O/c1-2-17-11-15-8-13(17)9-16-14(10-18)12-6-4-3-5-7-12/h3-8,11,14,16,18H,2,9-10H2,1H3/t14-/m1/s1. The van der Waals surface area contributed by atoms with Crippen LogP contribution in [0.3, 0.4) is 0 Å². The number of aliphatic hydroxyl groups excluding tert-OH is 1. The number of nitrogens with one attached hydrogen (secondary N) is 1. The van der Waals surface area contributed by atoms with Gasteiger partial charge < -0.3 is 15.0 Å². The highest BCUT2D eigenvalue weighted by molar-refractivity contribution is 5.19. The van der Waals surface area contributed by atoms with Crippen molar-refractivity contribution in [1.82, 2.24) is 14.9 Å². The van der Waals surface area contributed by atoms with Crippen LogP contribution in [-0.2, 0) is 13.1 Å². The maximum atomic E-state index is 9.45. The molecule has 1 atom stereocenters. The molecule has 0 spiro atoms. The summed E-state index contributed by atoms with van der Waals surface area (Å²) >= 11 is 0. The minimum absolute atomic E-state index is 0.0357. The molecule has 0 unspecified atom stereocenters. The Balaban J connectivity index is 2.00. The molecule has 0 fully saturated rings. The van der Waals surface area contributed by atoms with Gasteiger partial charge in [-0.2, -0.15) is 0 Å². The summed E-state index contributed by atoms with van der Waals surface area (Å²) in [6, 6.07) is 9.94. The monoisotopic (exact) mass is 245 g/mol. The van der Waals surface area contributed by atoms with E-state index in [1.165, 1.54) is 0 Å². The van der Waals surface area contributed by atoms with Gasteiger partial charge in [-0.05, 0) is 12.5 Å². The molecule has 4 nitrogen and oxygen atoms in total. The molecule has 96 valence electrons. The number of rotatable bonds is 6. The maximum absolute atomic E-state index is 9.45. The summed E-state index contributed by atoms with van der Waals surface area (Å²) in [5, 5.41) is 12.8. The Morgan fingerprint density at radius 3 is 2.78 bits per heavy atom. The fourth-order valence-corrected chi connectivity index (χ4v) is 1.98. The highest BCUT2D eigenvalue weighted by Gasteiger charge is 2.10. The maximum Gasteiger partial charge on any atom is 0.0948 e. The second-order valence-electron chi connectivity index (χ2n) is 4.20. The van der Waals surface area contributed by atoms with E-state index in [-0.39, 0.29) is 12.6 Å². The second kappa shape index (κ2) is 6.33. The highest BCUT2D eigenvalue weighted by atomic mass is 16.3. The normalized spacial score (nSPS) is 12.6. The number of hydrogen-bond donors (Lipinski definition) is 2. The summed E-state index contributed by atoms with van der Waals surface area (Å²) in [6.07, 6.45) is 3.68. The lowest BCUT2D eigenvalue weighted by Crippen LogP contribution is -2.25. The van der Waals surface area contributed by atoms with Crippen LogP contribution in [0.4, 0.5) is 0 Å². The molecule has 18 heavy (non-hydrogen) atoms. The molecular weight excluding hydrogens is 226 g/mol. The molecule has 2 N–H and O–H groups in total. The minimum Gasteiger partial charge on any atom is -0.394 e. The Bertz CT molecular complexity index is 467. The quantitative estimate of drug-likeness (QED) is 0.815. The molecule has 0 saturated heterocycles. The van der Waals surface area contributed by atoms with Gasteiger partial charge in [0, 0.05) is 19.3 Å². The molecule has 0 saturated carbocycles. The Kier molecular flexibility index (Phi) is 4.50. The van der Waals surface area contributed by atoms with Crippen LogP contribution in [0.15, 0.2) is 42.9 Å². The lowest BCUT2D eigenvalue weighted by Gasteiger charge is -2.17. The second-order valence-corrected chi connectivity index (χ2v) is 4.20. The number of nitrogens with zero attached hydrogens (tertiary/aromatic N) is 2. The van der Waals surface area contributed by atoms with E-state index in [0.717, 1.165) is 17.8 Å². The lowest BCUT2D eigenvalue weighted by molar-refractivity contribution is 0.243. The van der Waals surface area contributed by atoms with Gasteiger partial charge in [0.15, 0.2) is 0 Å². The predicted molar refractivity (Wildman–Crippen MR) is 71.0 cm³/mol. The van der Waals surface area contributed by atoms with E-state index < -0.39 is 0 Å². The van der Waals surface area contributed by atoms with Crippen LogP contribution >= 0.6 is 0 Å². The van der Waals surface area contributed by atoms with Crippen LogP contribution in [0.5, 0.6) is 0 Å². The first-order valence-corrected chi connectivity index (χ1v) is 6.23. The lowest BCUT2D eigenvalue weighted by atomic mass is 10.1. The van der Waals surface area contributed by atoms with Crippen molar-refractivity contribution < 1.29 is 5.11 Å². The van der Waals surface area contributed by atoms with Crippen molar-refractivity contribution in [2.45, 2.75) is 26.1 Å². The summed E-state index contributed by atoms with van der Waals surface area (Å²) < 4.78 is 2.09. The zero-order valence-electron chi connectivity index (χ0n) is 10.6. The van der Waals surface area contributed by atoms with E-state index >= 15 is 0 Å². The van der Waals surface area contributed by atoms with Crippen molar-refractivity contribution in [3.63, 3.8) is 0 Å². The fraction of sp³-hybridized carbons (Fsp3) is 0.357. The first-order valence-electron chi connectivity index (χ1n) is 6.23. The molecule has 1 aromatic carbocycles. The van der Waals surface area contributed by atoms with E-state index in [1.54, 1.807) is 0 Å². The first kappa shape index (κ1) is 12.8. The molecule has 1 aromatic heterocycles. The number of hydrogen-bond acceptors (Lipinski definition) is 3. The van der Waals surface area contributed by atoms with Gasteiger partial charge in [0.2, 0.25) is 0 Å². The van der Waals surface area contributed by atoms with Crippen molar-refractivity contribution in [2.24, 2.45) is 0 Å². The smallest absolute Gasteiger partial charge is 0.0948 e. The van der Waals surface area contributed by atoms with E-state index in [9.17, 15) is 5.11 Å². The average Bonchev–Trinajstić information content (AvgIpc) is 2.88. The van der Waals surface area contributed by atoms with Crippen molar-refractivity contribution in [1.29, 1.82) is 0 Å². The molecule has 0 aliphatic heterocycles. The predicted octanol–water partition coefficient (Wildman–Crippen LogP) is 1.73. The first-order chi connectivity index (χ1) is 8.85. The Morgan fingerprint density at radius 2 is 2.11 bits per heavy atom. The van der Waals surface area contributed by atoms with Crippen LogP contribution in [0, 0.1) is 0 Å². The van der Waals surface area contributed by atoms with Crippen molar-refractivity contribution in [3.05, 3.63) is 54.1 Å². The van der Waals surface area contributed by atoms with Crippen molar-refractivity contribution >= 4 is 0 Å². The largest absolute Gasteiger partial charge is 0.394 e. The number of aryl methyl sites for hydroxylation is 1. The number of aliphatic hydroxyl groups is 1. The Morgan fingerprint density at radius 1 is 1.33 bits per heavy atom. The van der Waals surface area contributed by atoms with Gasteiger partial charge in [-0.1, -0.05) is 30.3 Å². The van der Waals surface area contributed by atoms with Crippen molar-refractivity contribution in [3.8, 4) is 0 Å².